The van der Waals surface area contributed by atoms with Crippen molar-refractivity contribution in [3.63, 3.8) is 0 Å². The van der Waals surface area contributed by atoms with Crippen LogP contribution in [-0.4, -0.2) is 46.9 Å². The Hall–Kier alpha value is -3.77. The lowest BCUT2D eigenvalue weighted by molar-refractivity contribution is 0.103. The number of ether oxygens (including phenoxy) is 5. The van der Waals surface area contributed by atoms with Crippen LogP contribution < -0.4 is 29.0 Å². The molecule has 0 spiro atoms. The normalized spacial score (nSPS) is 11.4. The van der Waals surface area contributed by atoms with E-state index < -0.39 is 13.3 Å². The first-order chi connectivity index (χ1) is 17.2. The van der Waals surface area contributed by atoms with Crippen LogP contribution in [0.2, 0.25) is 0 Å². The third-order valence-corrected chi connectivity index (χ3v) is 7.50. The van der Waals surface area contributed by atoms with Gasteiger partial charge in [-0.1, -0.05) is 30.3 Å². The lowest BCUT2D eigenvalue weighted by Gasteiger charge is -2.21. The van der Waals surface area contributed by atoms with Crippen LogP contribution in [0.4, 0.5) is 0 Å². The highest BCUT2D eigenvalue weighted by Gasteiger charge is 2.33. The van der Waals surface area contributed by atoms with Crippen molar-refractivity contribution >= 4 is 24.4 Å². The maximum Gasteiger partial charge on any atom is 0.230 e. The second kappa shape index (κ2) is 11.3. The predicted octanol–water partition coefficient (Wildman–Crippen LogP) is 4.60. The van der Waals surface area contributed by atoms with E-state index in [4.69, 9.17) is 23.7 Å². The Morgan fingerprint density at radius 1 is 0.694 bits per heavy atom. The molecule has 3 rings (SSSR count). The van der Waals surface area contributed by atoms with Crippen molar-refractivity contribution in [2.75, 3.05) is 35.5 Å². The van der Waals surface area contributed by atoms with Crippen LogP contribution in [0.3, 0.4) is 0 Å². The van der Waals surface area contributed by atoms with E-state index in [2.05, 4.69) is 0 Å². The maximum atomic E-state index is 13.9. The average Bonchev–Trinajstić information content (AvgIpc) is 2.91. The molecule has 0 saturated heterocycles. The molecule has 1 atom stereocenters. The molecule has 0 radical (unpaired) electrons. The number of ketones is 1. The van der Waals surface area contributed by atoms with Crippen LogP contribution in [0.25, 0.3) is 0 Å². The Kier molecular flexibility index (Phi) is 8.43. The van der Waals surface area contributed by atoms with Gasteiger partial charge in [0.15, 0.2) is 13.6 Å². The first-order valence-corrected chi connectivity index (χ1v) is 12.4. The fourth-order valence-corrected chi connectivity index (χ4v) is 5.93. The SMILES string of the molecule is COc1cc(OC)c(C(=O)[PH](=O)c2c(OC)c(C)c(C(=O)c3ccccc3)c(C)c2OC)c(OC)c1. The van der Waals surface area contributed by atoms with E-state index in [1.54, 1.807) is 38.1 Å². The summed E-state index contributed by atoms with van der Waals surface area (Å²) in [5, 5.41) is 0.0922. The molecular weight excluding hydrogens is 483 g/mol. The molecule has 1 unspecified atom stereocenters. The summed E-state index contributed by atoms with van der Waals surface area (Å²) in [5.74, 6) is 0.776. The van der Waals surface area contributed by atoms with Gasteiger partial charge in [0.1, 0.15) is 39.6 Å². The van der Waals surface area contributed by atoms with Gasteiger partial charge in [0, 0.05) is 34.4 Å². The van der Waals surface area contributed by atoms with Crippen molar-refractivity contribution in [3.8, 4) is 28.7 Å². The quantitative estimate of drug-likeness (QED) is 0.287. The Morgan fingerprint density at radius 2 is 1.19 bits per heavy atom. The van der Waals surface area contributed by atoms with Crippen LogP contribution in [-0.2, 0) is 4.57 Å². The molecule has 0 heterocycles. The summed E-state index contributed by atoms with van der Waals surface area (Å²) in [6.07, 6.45) is 0. The lowest BCUT2D eigenvalue weighted by Crippen LogP contribution is -2.19. The van der Waals surface area contributed by atoms with E-state index >= 15 is 0 Å². The minimum Gasteiger partial charge on any atom is -0.496 e. The number of rotatable bonds is 10. The summed E-state index contributed by atoms with van der Waals surface area (Å²) >= 11 is 0. The van der Waals surface area contributed by atoms with Gasteiger partial charge in [0.25, 0.3) is 0 Å². The molecule has 190 valence electrons. The molecule has 0 aliphatic heterocycles. The summed E-state index contributed by atoms with van der Waals surface area (Å²) in [5.41, 5.74) is 1.05. The first kappa shape index (κ1) is 26.8. The van der Waals surface area contributed by atoms with Crippen molar-refractivity contribution in [3.05, 3.63) is 70.3 Å². The van der Waals surface area contributed by atoms with E-state index in [1.165, 1.54) is 47.7 Å². The van der Waals surface area contributed by atoms with Crippen LogP contribution in [0.5, 0.6) is 28.7 Å². The second-order valence-corrected chi connectivity index (χ2v) is 9.44. The summed E-state index contributed by atoms with van der Waals surface area (Å²) < 4.78 is 41.1. The van der Waals surface area contributed by atoms with Crippen molar-refractivity contribution in [2.24, 2.45) is 0 Å². The molecule has 0 saturated carbocycles. The minimum absolute atomic E-state index is 0.00791. The standard InChI is InChI=1S/C27H29O8P/c1-15-21(23(28)17-11-9-8-10-12-17)16(2)25(35-7)26(24(15)34-6)36(30)27(29)22-19(32-4)13-18(31-3)14-20(22)33-5/h8-14,36H,1-7H3. The van der Waals surface area contributed by atoms with E-state index in [-0.39, 0.29) is 39.6 Å². The highest BCUT2D eigenvalue weighted by molar-refractivity contribution is 7.72. The monoisotopic (exact) mass is 512 g/mol. The van der Waals surface area contributed by atoms with Crippen molar-refractivity contribution in [2.45, 2.75) is 13.8 Å². The van der Waals surface area contributed by atoms with Gasteiger partial charge < -0.3 is 28.2 Å². The van der Waals surface area contributed by atoms with Crippen LogP contribution in [0.1, 0.15) is 37.4 Å². The molecule has 8 nitrogen and oxygen atoms in total. The summed E-state index contributed by atoms with van der Waals surface area (Å²) in [7, 11) is 3.78. The van der Waals surface area contributed by atoms with Crippen LogP contribution in [0.15, 0.2) is 42.5 Å². The zero-order chi connectivity index (χ0) is 26.6. The highest BCUT2D eigenvalue weighted by Crippen LogP contribution is 2.45. The third-order valence-electron chi connectivity index (χ3n) is 5.93. The molecule has 0 aliphatic rings. The van der Waals surface area contributed by atoms with Gasteiger partial charge >= 0.3 is 0 Å². The molecule has 3 aromatic carbocycles. The average molecular weight is 512 g/mol. The summed E-state index contributed by atoms with van der Waals surface area (Å²) in [6, 6.07) is 11.8. The maximum absolute atomic E-state index is 13.9. The van der Waals surface area contributed by atoms with Crippen molar-refractivity contribution < 1.29 is 37.8 Å². The minimum atomic E-state index is -3.27. The van der Waals surface area contributed by atoms with Gasteiger partial charge in [-0.05, 0) is 13.8 Å². The molecule has 0 amide bonds. The summed E-state index contributed by atoms with van der Waals surface area (Å²) in [4.78, 5) is 27.1. The van der Waals surface area contributed by atoms with E-state index in [9.17, 15) is 14.2 Å². The highest BCUT2D eigenvalue weighted by atomic mass is 31.1. The molecule has 0 aliphatic carbocycles. The van der Waals surface area contributed by atoms with Crippen LogP contribution in [0, 0.1) is 13.8 Å². The number of carbonyl (C=O) groups excluding carboxylic acids is 2. The van der Waals surface area contributed by atoms with E-state index in [0.29, 0.717) is 28.0 Å². The molecule has 9 heteroatoms. The topological polar surface area (TPSA) is 97.4 Å². The van der Waals surface area contributed by atoms with Gasteiger partial charge in [-0.15, -0.1) is 0 Å². The fraction of sp³-hybridized carbons (Fsp3) is 0.259. The van der Waals surface area contributed by atoms with Gasteiger partial charge in [0.05, 0.1) is 35.5 Å². The molecule has 0 fully saturated rings. The molecular formula is C27H29O8P. The molecule has 0 aromatic heterocycles. The molecule has 36 heavy (non-hydrogen) atoms. The predicted molar refractivity (Wildman–Crippen MR) is 138 cm³/mol. The Morgan fingerprint density at radius 3 is 1.61 bits per heavy atom. The third kappa shape index (κ3) is 4.69. The first-order valence-electron chi connectivity index (χ1n) is 11.0. The van der Waals surface area contributed by atoms with Crippen molar-refractivity contribution in [1.29, 1.82) is 0 Å². The molecule has 0 N–H and O–H groups in total. The van der Waals surface area contributed by atoms with Gasteiger partial charge in [-0.2, -0.15) is 0 Å². The van der Waals surface area contributed by atoms with Crippen LogP contribution >= 0.6 is 7.80 Å². The van der Waals surface area contributed by atoms with Gasteiger partial charge in [0.2, 0.25) is 5.52 Å². The summed E-state index contributed by atoms with van der Waals surface area (Å²) in [6.45, 7) is 3.39. The Bertz CT molecular complexity index is 1280. The zero-order valence-corrected chi connectivity index (χ0v) is 22.3. The second-order valence-electron chi connectivity index (χ2n) is 7.83. The largest absolute Gasteiger partial charge is 0.496 e. The van der Waals surface area contributed by atoms with Crippen molar-refractivity contribution in [1.82, 2.24) is 0 Å². The smallest absolute Gasteiger partial charge is 0.230 e. The molecule has 0 bridgehead atoms. The zero-order valence-electron chi connectivity index (χ0n) is 21.3. The number of methoxy groups -OCH3 is 5. The van der Waals surface area contributed by atoms with Gasteiger partial charge in [-0.25, -0.2) is 0 Å². The van der Waals surface area contributed by atoms with E-state index in [0.717, 1.165) is 0 Å². The Balaban J connectivity index is 2.25. The molecule has 3 aromatic rings. The Labute approximate surface area is 210 Å². The number of carbonyl (C=O) groups is 2. The van der Waals surface area contributed by atoms with Gasteiger partial charge in [-0.3, -0.25) is 9.59 Å². The lowest BCUT2D eigenvalue weighted by atomic mass is 9.93. The number of hydrogen-bond acceptors (Lipinski definition) is 8. The number of benzene rings is 3. The fourth-order valence-electron chi connectivity index (χ4n) is 4.23. The number of hydrogen-bond donors (Lipinski definition) is 0. The van der Waals surface area contributed by atoms with E-state index in [1.807, 2.05) is 6.07 Å².